The average molecular weight is 446 g/mol. The van der Waals surface area contributed by atoms with E-state index in [1.807, 2.05) is 67.0 Å². The highest BCUT2D eigenvalue weighted by molar-refractivity contribution is 6.11. The highest BCUT2D eigenvalue weighted by Crippen LogP contribution is 2.28. The summed E-state index contributed by atoms with van der Waals surface area (Å²) in [5.74, 6) is 0.0653. The Kier molecular flexibility index (Phi) is 6.32. The Morgan fingerprint density at radius 3 is 2.53 bits per heavy atom. The number of H-pyrrole nitrogens is 1. The lowest BCUT2D eigenvalue weighted by atomic mass is 9.96. The second-order valence-corrected chi connectivity index (χ2v) is 8.60. The molecular formula is C30H27N3O. The van der Waals surface area contributed by atoms with Gasteiger partial charge in [-0.2, -0.15) is 0 Å². The number of nitrogens with one attached hydrogen (secondary N) is 2. The SMILES string of the molecule is Cc1ccc(CCN[C@@H](C(=O)c2c[nH]c3cc(-c4cccnc4)ccc23)c2ccccc2)cc1. The molecule has 0 fully saturated rings. The normalized spacial score (nSPS) is 12.0. The molecular weight excluding hydrogens is 418 g/mol. The number of carbonyl (C=O) groups is 1. The Bertz CT molecular complexity index is 1390. The number of aromatic amines is 1. The molecule has 2 aromatic heterocycles. The van der Waals surface area contributed by atoms with Gasteiger partial charge >= 0.3 is 0 Å². The molecule has 168 valence electrons. The van der Waals surface area contributed by atoms with Gasteiger partial charge in [0, 0.05) is 47.2 Å². The first-order valence-electron chi connectivity index (χ1n) is 11.6. The zero-order chi connectivity index (χ0) is 23.3. The molecule has 0 aliphatic rings. The van der Waals surface area contributed by atoms with Crippen LogP contribution in [0.2, 0.25) is 0 Å². The third-order valence-corrected chi connectivity index (χ3v) is 6.22. The predicted molar refractivity (Wildman–Crippen MR) is 138 cm³/mol. The largest absolute Gasteiger partial charge is 0.360 e. The maximum Gasteiger partial charge on any atom is 0.186 e. The molecule has 0 amide bonds. The number of pyridine rings is 1. The fourth-order valence-corrected chi connectivity index (χ4v) is 4.32. The monoisotopic (exact) mass is 445 g/mol. The van der Waals surface area contributed by atoms with E-state index in [9.17, 15) is 4.79 Å². The molecule has 0 unspecified atom stereocenters. The number of Topliss-reactive ketones (excluding diaryl/α,β-unsaturated/α-hetero) is 1. The Morgan fingerprint density at radius 2 is 1.76 bits per heavy atom. The number of aromatic nitrogens is 2. The summed E-state index contributed by atoms with van der Waals surface area (Å²) in [6.07, 6.45) is 6.30. The number of nitrogens with zero attached hydrogens (tertiary/aromatic N) is 1. The van der Waals surface area contributed by atoms with Crippen molar-refractivity contribution >= 4 is 16.7 Å². The van der Waals surface area contributed by atoms with Crippen molar-refractivity contribution in [2.75, 3.05) is 6.54 Å². The highest BCUT2D eigenvalue weighted by atomic mass is 16.1. The van der Waals surface area contributed by atoms with Gasteiger partial charge in [0.05, 0.1) is 6.04 Å². The summed E-state index contributed by atoms with van der Waals surface area (Å²) in [4.78, 5) is 21.3. The third-order valence-electron chi connectivity index (χ3n) is 6.22. The standard InChI is InChI=1S/C30H27N3O/c1-21-9-11-22(12-10-21)15-17-32-29(23-6-3-2-4-7-23)30(34)27-20-33-28-18-24(13-14-26(27)28)25-8-5-16-31-19-25/h2-14,16,18-20,29,32-33H,15,17H2,1H3/t29-/m1/s1. The van der Waals surface area contributed by atoms with Gasteiger partial charge in [0.15, 0.2) is 5.78 Å². The summed E-state index contributed by atoms with van der Waals surface area (Å²) in [7, 11) is 0. The Morgan fingerprint density at radius 1 is 0.941 bits per heavy atom. The fraction of sp³-hybridized carbons (Fsp3) is 0.133. The van der Waals surface area contributed by atoms with E-state index in [4.69, 9.17) is 0 Å². The zero-order valence-corrected chi connectivity index (χ0v) is 19.2. The zero-order valence-electron chi connectivity index (χ0n) is 19.2. The Balaban J connectivity index is 1.40. The van der Waals surface area contributed by atoms with Crippen molar-refractivity contribution < 1.29 is 4.79 Å². The average Bonchev–Trinajstić information content (AvgIpc) is 3.32. The number of aryl methyl sites for hydroxylation is 1. The van der Waals surface area contributed by atoms with Crippen LogP contribution in [0.15, 0.2) is 104 Å². The topological polar surface area (TPSA) is 57.8 Å². The molecule has 2 heterocycles. The van der Waals surface area contributed by atoms with Crippen LogP contribution >= 0.6 is 0 Å². The minimum absolute atomic E-state index is 0.0653. The molecule has 0 saturated carbocycles. The number of hydrogen-bond donors (Lipinski definition) is 2. The summed E-state index contributed by atoms with van der Waals surface area (Å²) in [6.45, 7) is 2.80. The van der Waals surface area contributed by atoms with Gasteiger partial charge in [-0.3, -0.25) is 9.78 Å². The number of rotatable bonds is 8. The van der Waals surface area contributed by atoms with E-state index in [0.29, 0.717) is 12.1 Å². The van der Waals surface area contributed by atoms with Crippen molar-refractivity contribution in [2.24, 2.45) is 0 Å². The van der Waals surface area contributed by atoms with Crippen molar-refractivity contribution in [2.45, 2.75) is 19.4 Å². The van der Waals surface area contributed by atoms with Crippen molar-refractivity contribution in [1.82, 2.24) is 15.3 Å². The first-order chi connectivity index (χ1) is 16.7. The molecule has 4 nitrogen and oxygen atoms in total. The maximum atomic E-state index is 13.8. The summed E-state index contributed by atoms with van der Waals surface area (Å²) < 4.78 is 0. The van der Waals surface area contributed by atoms with Crippen LogP contribution in [0.3, 0.4) is 0 Å². The van der Waals surface area contributed by atoms with Crippen LogP contribution in [-0.2, 0) is 6.42 Å². The molecule has 0 aliphatic carbocycles. The molecule has 4 heteroatoms. The fourth-order valence-electron chi connectivity index (χ4n) is 4.32. The maximum absolute atomic E-state index is 13.8. The third kappa shape index (κ3) is 4.68. The molecule has 0 spiro atoms. The van der Waals surface area contributed by atoms with Crippen LogP contribution in [0.5, 0.6) is 0 Å². The van der Waals surface area contributed by atoms with Crippen LogP contribution in [0.1, 0.15) is 33.1 Å². The predicted octanol–water partition coefficient (Wildman–Crippen LogP) is 6.29. The van der Waals surface area contributed by atoms with Crippen LogP contribution in [0.25, 0.3) is 22.0 Å². The van der Waals surface area contributed by atoms with Crippen LogP contribution in [0, 0.1) is 6.92 Å². The Labute approximate surface area is 199 Å². The van der Waals surface area contributed by atoms with E-state index in [0.717, 1.165) is 34.0 Å². The van der Waals surface area contributed by atoms with E-state index in [2.05, 4.69) is 52.5 Å². The summed E-state index contributed by atoms with van der Waals surface area (Å²) >= 11 is 0. The quantitative estimate of drug-likeness (QED) is 0.276. The van der Waals surface area contributed by atoms with Gasteiger partial charge in [-0.25, -0.2) is 0 Å². The number of ketones is 1. The molecule has 34 heavy (non-hydrogen) atoms. The van der Waals surface area contributed by atoms with Crippen LogP contribution in [0.4, 0.5) is 0 Å². The van der Waals surface area contributed by atoms with Gasteiger partial charge in [0.1, 0.15) is 0 Å². The van der Waals surface area contributed by atoms with Gasteiger partial charge < -0.3 is 10.3 Å². The summed E-state index contributed by atoms with van der Waals surface area (Å²) in [5, 5.41) is 4.45. The second kappa shape index (κ2) is 9.86. The van der Waals surface area contributed by atoms with Gasteiger partial charge in [0.2, 0.25) is 0 Å². The summed E-state index contributed by atoms with van der Waals surface area (Å²) in [5.41, 5.74) is 7.23. The van der Waals surface area contributed by atoms with Gasteiger partial charge in [-0.05, 0) is 42.2 Å². The molecule has 2 N–H and O–H groups in total. The molecule has 0 saturated heterocycles. The van der Waals surface area contributed by atoms with E-state index < -0.39 is 6.04 Å². The van der Waals surface area contributed by atoms with E-state index in [-0.39, 0.29) is 5.78 Å². The smallest absolute Gasteiger partial charge is 0.186 e. The van der Waals surface area contributed by atoms with Gasteiger partial charge in [-0.15, -0.1) is 0 Å². The number of hydrogen-bond acceptors (Lipinski definition) is 3. The highest BCUT2D eigenvalue weighted by Gasteiger charge is 2.24. The minimum atomic E-state index is -0.413. The molecule has 1 atom stereocenters. The number of fused-ring (bicyclic) bond motifs is 1. The first-order valence-corrected chi connectivity index (χ1v) is 11.6. The molecule has 3 aromatic carbocycles. The Hall–Kier alpha value is -4.02. The van der Waals surface area contributed by atoms with E-state index >= 15 is 0 Å². The van der Waals surface area contributed by atoms with Gasteiger partial charge in [0.25, 0.3) is 0 Å². The van der Waals surface area contributed by atoms with E-state index in [1.165, 1.54) is 11.1 Å². The first kappa shape index (κ1) is 21.8. The minimum Gasteiger partial charge on any atom is -0.360 e. The molecule has 0 aliphatic heterocycles. The molecule has 0 bridgehead atoms. The van der Waals surface area contributed by atoms with Crippen molar-refractivity contribution in [3.8, 4) is 11.1 Å². The molecule has 5 aromatic rings. The van der Waals surface area contributed by atoms with Crippen LogP contribution < -0.4 is 5.32 Å². The summed E-state index contributed by atoms with van der Waals surface area (Å²) in [6, 6.07) is 28.2. The lowest BCUT2D eigenvalue weighted by Crippen LogP contribution is -2.30. The van der Waals surface area contributed by atoms with Crippen molar-refractivity contribution in [3.05, 3.63) is 126 Å². The molecule has 0 radical (unpaired) electrons. The van der Waals surface area contributed by atoms with E-state index in [1.54, 1.807) is 6.20 Å². The second-order valence-electron chi connectivity index (χ2n) is 8.60. The van der Waals surface area contributed by atoms with Crippen molar-refractivity contribution in [1.29, 1.82) is 0 Å². The lowest BCUT2D eigenvalue weighted by molar-refractivity contribution is 0.0945. The number of benzene rings is 3. The van der Waals surface area contributed by atoms with Gasteiger partial charge in [-0.1, -0.05) is 78.4 Å². The lowest BCUT2D eigenvalue weighted by Gasteiger charge is -2.18. The van der Waals surface area contributed by atoms with Crippen LogP contribution in [-0.4, -0.2) is 22.3 Å². The molecule has 5 rings (SSSR count). The van der Waals surface area contributed by atoms with Crippen molar-refractivity contribution in [3.63, 3.8) is 0 Å². The number of carbonyl (C=O) groups excluding carboxylic acids is 1.